The Labute approximate surface area is 43.2 Å². The van der Waals surface area contributed by atoms with Gasteiger partial charge in [-0.05, 0) is 12.1 Å². The summed E-state index contributed by atoms with van der Waals surface area (Å²) < 4.78 is 0. The third-order valence-corrected chi connectivity index (χ3v) is 0.483. The van der Waals surface area contributed by atoms with Crippen LogP contribution in [0.2, 0.25) is 0 Å². The minimum atomic E-state index is 0. The molecule has 0 aliphatic carbocycles. The van der Waals surface area contributed by atoms with Gasteiger partial charge in [-0.3, -0.25) is 0 Å². The van der Waals surface area contributed by atoms with Crippen molar-refractivity contribution in [3.05, 3.63) is 24.5 Å². The van der Waals surface area contributed by atoms with Gasteiger partial charge in [0, 0.05) is 12.4 Å². The molecule has 2 heteroatoms. The highest BCUT2D eigenvalue weighted by molar-refractivity contribution is 4.79. The zero-order valence-electron chi connectivity index (χ0n) is 3.20. The summed E-state index contributed by atoms with van der Waals surface area (Å²) in [6.07, 6.45) is 3.28. The van der Waals surface area contributed by atoms with Gasteiger partial charge in [-0.15, -0.1) is 0 Å². The summed E-state index contributed by atoms with van der Waals surface area (Å²) >= 11 is 0. The first-order chi connectivity index (χ1) is 3.00. The first-order valence-corrected chi connectivity index (χ1v) is 1.72. The zero-order valence-corrected chi connectivity index (χ0v) is 3.20. The molecule has 0 amide bonds. The average Bonchev–Trinajstić information content (AvgIpc) is 1.72. The molecule has 1 heterocycles. The topological polar surface area (TPSA) is 25.8 Å². The lowest BCUT2D eigenvalue weighted by atomic mass is 10.6. The molecule has 0 aliphatic heterocycles. The Hall–Kier alpha value is -0.920. The van der Waals surface area contributed by atoms with Gasteiger partial charge < -0.3 is 0 Å². The average molecular weight is 96.1 g/mol. The first-order valence-electron chi connectivity index (χ1n) is 1.72. The van der Waals surface area contributed by atoms with Gasteiger partial charge in [0.05, 0.1) is 0 Å². The van der Waals surface area contributed by atoms with Crippen LogP contribution < -0.4 is 0 Å². The maximum atomic E-state index is 3.53. The van der Waals surface area contributed by atoms with Crippen molar-refractivity contribution in [3.8, 4) is 0 Å². The molecule has 0 atom stereocenters. The van der Waals surface area contributed by atoms with Crippen LogP contribution in [0.15, 0.2) is 24.5 Å². The number of nitrogens with zero attached hydrogens (tertiary/aromatic N) is 2. The van der Waals surface area contributed by atoms with Gasteiger partial charge in [0.1, 0.15) is 0 Å². The van der Waals surface area contributed by atoms with Crippen molar-refractivity contribution in [2.75, 3.05) is 0 Å². The zero-order chi connectivity index (χ0) is 4.24. The molecule has 2 nitrogen and oxygen atoms in total. The number of hydrogen-bond acceptors (Lipinski definition) is 2. The number of hydrogen-bond donors (Lipinski definition) is 0. The van der Waals surface area contributed by atoms with Crippen LogP contribution in [0.5, 0.6) is 0 Å². The van der Waals surface area contributed by atoms with E-state index in [1.807, 2.05) is 12.1 Å². The molecule has 0 aromatic carbocycles. The lowest BCUT2D eigenvalue weighted by molar-refractivity contribution is 1.03. The molecule has 0 unspecified atom stereocenters. The van der Waals surface area contributed by atoms with Crippen molar-refractivity contribution < 1.29 is 0 Å². The quantitative estimate of drug-likeness (QED) is 0.483. The van der Waals surface area contributed by atoms with Crippen molar-refractivity contribution >= 4 is 0 Å². The molecular formula is C5H8N2. The van der Waals surface area contributed by atoms with Gasteiger partial charge in [-0.1, -0.05) is 7.43 Å². The van der Waals surface area contributed by atoms with Crippen LogP contribution in [0.3, 0.4) is 0 Å². The third-order valence-electron chi connectivity index (χ3n) is 0.483. The molecule has 0 bridgehead atoms. The Morgan fingerprint density at radius 2 is 1.29 bits per heavy atom. The molecular weight excluding hydrogens is 88.1 g/mol. The Balaban J connectivity index is 0.000000360. The van der Waals surface area contributed by atoms with E-state index in [0.717, 1.165) is 0 Å². The van der Waals surface area contributed by atoms with Crippen LogP contribution in [0.1, 0.15) is 7.43 Å². The van der Waals surface area contributed by atoms with Crippen molar-refractivity contribution in [1.29, 1.82) is 0 Å². The van der Waals surface area contributed by atoms with Gasteiger partial charge in [0.2, 0.25) is 0 Å². The van der Waals surface area contributed by atoms with Gasteiger partial charge in [-0.2, -0.15) is 10.2 Å². The van der Waals surface area contributed by atoms with E-state index in [0.29, 0.717) is 0 Å². The molecule has 0 saturated heterocycles. The lowest BCUT2D eigenvalue weighted by Crippen LogP contribution is -1.69. The summed E-state index contributed by atoms with van der Waals surface area (Å²) in [5.41, 5.74) is 0. The second-order valence-corrected chi connectivity index (χ2v) is 0.914. The van der Waals surface area contributed by atoms with Crippen LogP contribution in [-0.2, 0) is 0 Å². The van der Waals surface area contributed by atoms with Crippen molar-refractivity contribution in [3.63, 3.8) is 0 Å². The van der Waals surface area contributed by atoms with Crippen molar-refractivity contribution in [2.24, 2.45) is 0 Å². The fourth-order valence-electron chi connectivity index (χ4n) is 0.253. The molecule has 0 N–H and O–H groups in total. The molecule has 38 valence electrons. The van der Waals surface area contributed by atoms with E-state index in [4.69, 9.17) is 0 Å². The van der Waals surface area contributed by atoms with Gasteiger partial charge in [0.15, 0.2) is 0 Å². The smallest absolute Gasteiger partial charge is 0.0496 e. The van der Waals surface area contributed by atoms with Crippen LogP contribution in [0.4, 0.5) is 0 Å². The predicted octanol–water partition coefficient (Wildman–Crippen LogP) is 1.11. The highest BCUT2D eigenvalue weighted by Crippen LogP contribution is 1.68. The summed E-state index contributed by atoms with van der Waals surface area (Å²) in [4.78, 5) is 0. The molecule has 0 radical (unpaired) electrons. The largest absolute Gasteiger partial charge is 0.159 e. The Bertz CT molecular complexity index is 78.0. The molecule has 0 fully saturated rings. The van der Waals surface area contributed by atoms with Gasteiger partial charge >= 0.3 is 0 Å². The second-order valence-electron chi connectivity index (χ2n) is 0.914. The number of aromatic nitrogens is 2. The SMILES string of the molecule is C.c1ccnnc1. The van der Waals surface area contributed by atoms with Crippen molar-refractivity contribution in [2.45, 2.75) is 7.43 Å². The Morgan fingerprint density at radius 1 is 0.857 bits per heavy atom. The summed E-state index contributed by atoms with van der Waals surface area (Å²) in [7, 11) is 0. The van der Waals surface area contributed by atoms with Crippen molar-refractivity contribution in [1.82, 2.24) is 10.2 Å². The minimum Gasteiger partial charge on any atom is -0.159 e. The maximum Gasteiger partial charge on any atom is 0.0496 e. The van der Waals surface area contributed by atoms with E-state index >= 15 is 0 Å². The molecule has 0 spiro atoms. The number of rotatable bonds is 0. The van der Waals surface area contributed by atoms with E-state index in [1.54, 1.807) is 12.4 Å². The van der Waals surface area contributed by atoms with Crippen LogP contribution in [-0.4, -0.2) is 10.2 Å². The predicted molar refractivity (Wildman–Crippen MR) is 28.8 cm³/mol. The summed E-state index contributed by atoms with van der Waals surface area (Å²) in [6.45, 7) is 0. The highest BCUT2D eigenvalue weighted by Gasteiger charge is 1.59. The fraction of sp³-hybridized carbons (Fsp3) is 0.200. The Morgan fingerprint density at radius 3 is 1.43 bits per heavy atom. The molecule has 0 aliphatic rings. The molecule has 0 saturated carbocycles. The van der Waals surface area contributed by atoms with E-state index in [-0.39, 0.29) is 7.43 Å². The molecule has 1 aromatic rings. The fourth-order valence-corrected chi connectivity index (χ4v) is 0.253. The summed E-state index contributed by atoms with van der Waals surface area (Å²) in [6, 6.07) is 3.65. The van der Waals surface area contributed by atoms with E-state index in [1.165, 1.54) is 0 Å². The van der Waals surface area contributed by atoms with E-state index in [9.17, 15) is 0 Å². The monoisotopic (exact) mass is 96.1 g/mol. The maximum absolute atomic E-state index is 3.53. The standard InChI is InChI=1S/C4H4N2.CH4/c1-2-4-6-5-3-1;/h1-4H;1H4. The lowest BCUT2D eigenvalue weighted by Gasteiger charge is -1.69. The summed E-state index contributed by atoms with van der Waals surface area (Å²) in [5, 5.41) is 7.07. The molecule has 1 rings (SSSR count). The second kappa shape index (κ2) is 3.28. The molecule has 1 aromatic heterocycles. The van der Waals surface area contributed by atoms with Crippen LogP contribution >= 0.6 is 0 Å². The van der Waals surface area contributed by atoms with Gasteiger partial charge in [-0.25, -0.2) is 0 Å². The van der Waals surface area contributed by atoms with Crippen LogP contribution in [0.25, 0.3) is 0 Å². The highest BCUT2D eigenvalue weighted by atomic mass is 15.1. The van der Waals surface area contributed by atoms with E-state index in [2.05, 4.69) is 10.2 Å². The molecule has 7 heavy (non-hydrogen) atoms. The van der Waals surface area contributed by atoms with E-state index < -0.39 is 0 Å². The Kier molecular flexibility index (Phi) is 2.85. The first kappa shape index (κ1) is 6.08. The minimum absolute atomic E-state index is 0. The van der Waals surface area contributed by atoms with Gasteiger partial charge in [0.25, 0.3) is 0 Å². The normalized spacial score (nSPS) is 6.86. The van der Waals surface area contributed by atoms with Crippen LogP contribution in [0, 0.1) is 0 Å². The third kappa shape index (κ3) is 1.87. The summed E-state index contributed by atoms with van der Waals surface area (Å²) in [5.74, 6) is 0.